The summed E-state index contributed by atoms with van der Waals surface area (Å²) in [4.78, 5) is 0. The number of halogens is 8. The van der Waals surface area contributed by atoms with E-state index in [4.69, 9.17) is 4.74 Å². The van der Waals surface area contributed by atoms with E-state index in [0.717, 1.165) is 0 Å². The zero-order valence-corrected chi connectivity index (χ0v) is 12.5. The molecule has 1 rings (SSSR count). The minimum absolute atomic E-state index is 0.0227. The Morgan fingerprint density at radius 2 is 1.57 bits per heavy atom. The molecule has 21 heavy (non-hydrogen) atoms. The van der Waals surface area contributed by atoms with E-state index >= 15 is 0 Å². The molecular weight excluding hydrogens is 420 g/mol. The molecule has 0 fully saturated rings. The smallest absolute Gasteiger partial charge is 0.435 e. The Bertz CT molecular complexity index is 519. The van der Waals surface area contributed by atoms with Gasteiger partial charge in [-0.15, -0.1) is 0 Å². The number of allylic oxidation sites excluding steroid dienone is 1. The highest BCUT2D eigenvalue weighted by Gasteiger charge is 2.71. The quantitative estimate of drug-likeness (QED) is 0.469. The van der Waals surface area contributed by atoms with Crippen molar-refractivity contribution in [1.82, 2.24) is 0 Å². The second-order valence-electron chi connectivity index (χ2n) is 3.93. The first-order chi connectivity index (χ1) is 9.42. The summed E-state index contributed by atoms with van der Waals surface area (Å²) in [5.41, 5.74) is -5.44. The molecular formula is C12H8F7IO. The zero-order chi connectivity index (χ0) is 16.5. The number of ether oxygens (including phenoxy) is 1. The standard InChI is InChI=1S/C12H8F7IO/c1-21-8-4-2-3-7(5-8)9(20)6-10(13,11(14,15)16)12(17,18)19/h2-6H,1H3/b9-6+. The number of hydrogen-bond acceptors (Lipinski definition) is 1. The fourth-order valence-corrected chi connectivity index (χ4v) is 2.12. The van der Waals surface area contributed by atoms with Crippen LogP contribution in [0.3, 0.4) is 0 Å². The van der Waals surface area contributed by atoms with Crippen LogP contribution in [0.5, 0.6) is 5.75 Å². The van der Waals surface area contributed by atoms with E-state index in [0.29, 0.717) is 0 Å². The van der Waals surface area contributed by atoms with Crippen LogP contribution < -0.4 is 4.74 Å². The molecule has 0 N–H and O–H groups in total. The third-order valence-electron chi connectivity index (χ3n) is 2.50. The maximum atomic E-state index is 13.6. The largest absolute Gasteiger partial charge is 0.497 e. The Morgan fingerprint density at radius 1 is 1.05 bits per heavy atom. The Labute approximate surface area is 128 Å². The predicted octanol–water partition coefficient (Wildman–Crippen LogP) is 5.30. The minimum atomic E-state index is -6.11. The highest BCUT2D eigenvalue weighted by Crippen LogP contribution is 2.49. The highest BCUT2D eigenvalue weighted by molar-refractivity contribution is 14.1. The summed E-state index contributed by atoms with van der Waals surface area (Å²) in [5.74, 6) is 0.221. The third kappa shape index (κ3) is 3.80. The van der Waals surface area contributed by atoms with Gasteiger partial charge in [-0.05, 0) is 46.4 Å². The SMILES string of the molecule is COc1cccc(/C(I)=C\C(F)(C(F)(F)F)C(F)(F)F)c1. The summed E-state index contributed by atoms with van der Waals surface area (Å²) in [6, 6.07) is 5.25. The molecule has 0 bridgehead atoms. The molecule has 1 aromatic rings. The van der Waals surface area contributed by atoms with Crippen molar-refractivity contribution in [2.45, 2.75) is 18.0 Å². The van der Waals surface area contributed by atoms with Gasteiger partial charge in [0, 0.05) is 3.58 Å². The van der Waals surface area contributed by atoms with Gasteiger partial charge in [-0.2, -0.15) is 26.3 Å². The average molecular weight is 428 g/mol. The van der Waals surface area contributed by atoms with Gasteiger partial charge in [0.05, 0.1) is 7.11 Å². The maximum Gasteiger partial charge on any atom is 0.435 e. The molecule has 0 heterocycles. The van der Waals surface area contributed by atoms with Crippen molar-refractivity contribution in [3.8, 4) is 5.75 Å². The van der Waals surface area contributed by atoms with E-state index in [2.05, 4.69) is 0 Å². The number of rotatable bonds is 3. The van der Waals surface area contributed by atoms with E-state index in [9.17, 15) is 30.7 Å². The topological polar surface area (TPSA) is 9.23 Å². The van der Waals surface area contributed by atoms with Crippen molar-refractivity contribution >= 4 is 26.2 Å². The Hall–Kier alpha value is -1.00. The lowest BCUT2D eigenvalue weighted by Gasteiger charge is -2.27. The minimum Gasteiger partial charge on any atom is -0.497 e. The molecule has 0 unspecified atom stereocenters. The van der Waals surface area contributed by atoms with Gasteiger partial charge < -0.3 is 4.74 Å². The summed E-state index contributed by atoms with van der Waals surface area (Å²) < 4.78 is 92.5. The predicted molar refractivity (Wildman–Crippen MR) is 70.9 cm³/mol. The summed E-state index contributed by atoms with van der Waals surface area (Å²) in [6.45, 7) is 0. The molecule has 118 valence electrons. The molecule has 1 nitrogen and oxygen atoms in total. The van der Waals surface area contributed by atoms with Gasteiger partial charge in [0.15, 0.2) is 0 Å². The zero-order valence-electron chi connectivity index (χ0n) is 10.3. The molecule has 0 radical (unpaired) electrons. The molecule has 0 atom stereocenters. The van der Waals surface area contributed by atoms with Crippen LogP contribution in [0.4, 0.5) is 30.7 Å². The van der Waals surface area contributed by atoms with Crippen LogP contribution in [0.1, 0.15) is 5.56 Å². The fourth-order valence-electron chi connectivity index (χ4n) is 1.35. The molecule has 0 aliphatic rings. The molecule has 0 aliphatic heterocycles. The van der Waals surface area contributed by atoms with Gasteiger partial charge in [0.2, 0.25) is 0 Å². The number of hydrogen-bond donors (Lipinski definition) is 0. The van der Waals surface area contributed by atoms with E-state index < -0.39 is 27.7 Å². The lowest BCUT2D eigenvalue weighted by molar-refractivity contribution is -0.321. The van der Waals surface area contributed by atoms with Crippen LogP contribution in [0.15, 0.2) is 30.3 Å². The van der Waals surface area contributed by atoms with Crippen LogP contribution in [-0.4, -0.2) is 25.1 Å². The second-order valence-corrected chi connectivity index (χ2v) is 5.09. The highest BCUT2D eigenvalue weighted by atomic mass is 127. The van der Waals surface area contributed by atoms with Crippen LogP contribution in [0.25, 0.3) is 3.58 Å². The van der Waals surface area contributed by atoms with Gasteiger partial charge in [0.25, 0.3) is 0 Å². The molecule has 1 aromatic carbocycles. The molecule has 0 saturated heterocycles. The molecule has 9 heteroatoms. The second kappa shape index (κ2) is 6.01. The molecule has 0 aliphatic carbocycles. The summed E-state index contributed by atoms with van der Waals surface area (Å²) in [7, 11) is 1.28. The lowest BCUT2D eigenvalue weighted by atomic mass is 10.0. The first-order valence-electron chi connectivity index (χ1n) is 5.27. The van der Waals surface area contributed by atoms with Crippen molar-refractivity contribution in [1.29, 1.82) is 0 Å². The van der Waals surface area contributed by atoms with Crippen molar-refractivity contribution in [2.24, 2.45) is 0 Å². The van der Waals surface area contributed by atoms with Crippen molar-refractivity contribution in [2.75, 3.05) is 7.11 Å². The van der Waals surface area contributed by atoms with E-state index in [1.54, 1.807) is 0 Å². The average Bonchev–Trinajstić information content (AvgIpc) is 2.36. The van der Waals surface area contributed by atoms with Gasteiger partial charge >= 0.3 is 18.0 Å². The maximum absolute atomic E-state index is 13.6. The van der Waals surface area contributed by atoms with E-state index in [1.165, 1.54) is 54.0 Å². The van der Waals surface area contributed by atoms with Crippen LogP contribution in [-0.2, 0) is 0 Å². The number of benzene rings is 1. The van der Waals surface area contributed by atoms with Gasteiger partial charge in [-0.3, -0.25) is 0 Å². The summed E-state index contributed by atoms with van der Waals surface area (Å²) in [6.07, 6.45) is -12.7. The number of alkyl halides is 7. The Balaban J connectivity index is 3.35. The van der Waals surface area contributed by atoms with Crippen LogP contribution in [0, 0.1) is 0 Å². The molecule has 0 spiro atoms. The lowest BCUT2D eigenvalue weighted by Crippen LogP contribution is -2.51. The van der Waals surface area contributed by atoms with Crippen molar-refractivity contribution in [3.63, 3.8) is 0 Å². The first kappa shape index (κ1) is 18.1. The number of methoxy groups -OCH3 is 1. The Morgan fingerprint density at radius 3 is 2.00 bits per heavy atom. The van der Waals surface area contributed by atoms with E-state index in [-0.39, 0.29) is 11.3 Å². The normalized spacial score (nSPS) is 14.2. The molecule has 0 saturated carbocycles. The van der Waals surface area contributed by atoms with Gasteiger partial charge in [-0.1, -0.05) is 12.1 Å². The summed E-state index contributed by atoms with van der Waals surface area (Å²) in [5, 5.41) is 0. The first-order valence-corrected chi connectivity index (χ1v) is 6.35. The monoisotopic (exact) mass is 428 g/mol. The Kier molecular flexibility index (Phi) is 5.17. The fraction of sp³-hybridized carbons (Fsp3) is 0.333. The van der Waals surface area contributed by atoms with Crippen molar-refractivity contribution < 1.29 is 35.5 Å². The van der Waals surface area contributed by atoms with Gasteiger partial charge in [-0.25, -0.2) is 4.39 Å². The third-order valence-corrected chi connectivity index (χ3v) is 3.43. The van der Waals surface area contributed by atoms with Crippen molar-refractivity contribution in [3.05, 3.63) is 35.9 Å². The van der Waals surface area contributed by atoms with Crippen LogP contribution >= 0.6 is 22.6 Å². The summed E-state index contributed by atoms with van der Waals surface area (Å²) >= 11 is 1.21. The van der Waals surface area contributed by atoms with E-state index in [1.807, 2.05) is 0 Å². The molecule has 0 aromatic heterocycles. The molecule has 0 amide bonds. The van der Waals surface area contributed by atoms with Crippen LogP contribution in [0.2, 0.25) is 0 Å². The van der Waals surface area contributed by atoms with Gasteiger partial charge in [0.1, 0.15) is 5.75 Å².